The molecule has 25 heavy (non-hydrogen) atoms. The summed E-state index contributed by atoms with van der Waals surface area (Å²) in [6, 6.07) is 12.1. The second kappa shape index (κ2) is 5.85. The number of benzene rings is 1. The molecule has 0 unspecified atom stereocenters. The minimum atomic E-state index is -0.741. The zero-order valence-electron chi connectivity index (χ0n) is 15.0. The van der Waals surface area contributed by atoms with Crippen molar-refractivity contribution < 1.29 is 5.11 Å². The Morgan fingerprint density at radius 1 is 1.04 bits per heavy atom. The van der Waals surface area contributed by atoms with Gasteiger partial charge in [-0.2, -0.15) is 9.61 Å². The highest BCUT2D eigenvalue weighted by Gasteiger charge is 2.34. The first-order chi connectivity index (χ1) is 12.0. The van der Waals surface area contributed by atoms with Crippen LogP contribution in [0.5, 0.6) is 0 Å². The SMILES string of the molecule is Cc1cc(N2CCC(O)(c3ccccc3)CC2)n2nc(C)c(C)c2n1. The lowest BCUT2D eigenvalue weighted by Gasteiger charge is -2.39. The van der Waals surface area contributed by atoms with E-state index in [2.05, 4.69) is 28.0 Å². The second-order valence-corrected chi connectivity index (χ2v) is 7.09. The van der Waals surface area contributed by atoms with Crippen LogP contribution in [-0.2, 0) is 5.60 Å². The largest absolute Gasteiger partial charge is 0.385 e. The molecule has 5 nitrogen and oxygen atoms in total. The van der Waals surface area contributed by atoms with Gasteiger partial charge < -0.3 is 10.0 Å². The van der Waals surface area contributed by atoms with E-state index in [9.17, 15) is 5.11 Å². The van der Waals surface area contributed by atoms with E-state index in [0.717, 1.165) is 47.1 Å². The van der Waals surface area contributed by atoms with E-state index in [4.69, 9.17) is 0 Å². The number of nitrogens with zero attached hydrogens (tertiary/aromatic N) is 4. The first-order valence-corrected chi connectivity index (χ1v) is 8.84. The van der Waals surface area contributed by atoms with Gasteiger partial charge in [-0.15, -0.1) is 0 Å². The smallest absolute Gasteiger partial charge is 0.160 e. The van der Waals surface area contributed by atoms with Gasteiger partial charge in [0, 0.05) is 30.4 Å². The highest BCUT2D eigenvalue weighted by Crippen LogP contribution is 2.34. The first-order valence-electron chi connectivity index (χ1n) is 8.84. The summed E-state index contributed by atoms with van der Waals surface area (Å²) in [5.74, 6) is 1.06. The summed E-state index contributed by atoms with van der Waals surface area (Å²) in [7, 11) is 0. The van der Waals surface area contributed by atoms with Gasteiger partial charge >= 0.3 is 0 Å². The molecule has 130 valence electrons. The third kappa shape index (κ3) is 2.68. The Morgan fingerprint density at radius 3 is 2.40 bits per heavy atom. The van der Waals surface area contributed by atoms with Crippen molar-refractivity contribution in [3.63, 3.8) is 0 Å². The van der Waals surface area contributed by atoms with Gasteiger partial charge in [-0.1, -0.05) is 30.3 Å². The van der Waals surface area contributed by atoms with E-state index in [1.54, 1.807) is 0 Å². The van der Waals surface area contributed by atoms with Crippen LogP contribution in [0.1, 0.15) is 35.4 Å². The van der Waals surface area contributed by atoms with Crippen LogP contribution in [0.15, 0.2) is 36.4 Å². The molecule has 1 N–H and O–H groups in total. The average Bonchev–Trinajstić information content (AvgIpc) is 2.91. The molecule has 3 aromatic rings. The Hall–Kier alpha value is -2.40. The number of piperidine rings is 1. The fourth-order valence-corrected chi connectivity index (χ4v) is 3.70. The van der Waals surface area contributed by atoms with Crippen molar-refractivity contribution in [2.24, 2.45) is 0 Å². The predicted molar refractivity (Wildman–Crippen MR) is 99.0 cm³/mol. The van der Waals surface area contributed by atoms with Crippen molar-refractivity contribution >= 4 is 11.5 Å². The van der Waals surface area contributed by atoms with Crippen molar-refractivity contribution in [3.8, 4) is 0 Å². The normalized spacial score (nSPS) is 17.2. The molecule has 4 rings (SSSR count). The topological polar surface area (TPSA) is 53.7 Å². The zero-order chi connectivity index (χ0) is 17.6. The van der Waals surface area contributed by atoms with Crippen molar-refractivity contribution in [2.75, 3.05) is 18.0 Å². The number of aromatic nitrogens is 3. The fourth-order valence-electron chi connectivity index (χ4n) is 3.70. The summed E-state index contributed by atoms with van der Waals surface area (Å²) in [5.41, 5.74) is 4.33. The third-order valence-corrected chi connectivity index (χ3v) is 5.39. The summed E-state index contributed by atoms with van der Waals surface area (Å²) in [6.07, 6.45) is 1.41. The van der Waals surface area contributed by atoms with Crippen LogP contribution in [0.25, 0.3) is 5.65 Å². The van der Waals surface area contributed by atoms with Crippen LogP contribution in [0, 0.1) is 20.8 Å². The summed E-state index contributed by atoms with van der Waals surface area (Å²) in [4.78, 5) is 6.96. The fraction of sp³-hybridized carbons (Fsp3) is 0.400. The molecule has 0 saturated carbocycles. The lowest BCUT2D eigenvalue weighted by atomic mass is 9.84. The van der Waals surface area contributed by atoms with E-state index in [0.29, 0.717) is 12.8 Å². The molecule has 0 atom stereocenters. The minimum Gasteiger partial charge on any atom is -0.385 e. The molecular formula is C20H24N4O. The van der Waals surface area contributed by atoms with E-state index < -0.39 is 5.60 Å². The van der Waals surface area contributed by atoms with Crippen molar-refractivity contribution in [3.05, 3.63) is 58.9 Å². The number of hydrogen-bond donors (Lipinski definition) is 1. The summed E-state index contributed by atoms with van der Waals surface area (Å²) >= 11 is 0. The average molecular weight is 336 g/mol. The summed E-state index contributed by atoms with van der Waals surface area (Å²) in [5, 5.41) is 15.7. The standard InChI is InChI=1S/C20H24N4O/c1-14-13-18(24-19(21-14)15(2)16(3)22-24)23-11-9-20(25,10-12-23)17-7-5-4-6-8-17/h4-8,13,25H,9-12H2,1-3H3. The van der Waals surface area contributed by atoms with Crippen LogP contribution in [-0.4, -0.2) is 32.8 Å². The van der Waals surface area contributed by atoms with Crippen molar-refractivity contribution in [1.82, 2.24) is 14.6 Å². The minimum absolute atomic E-state index is 0.707. The van der Waals surface area contributed by atoms with Crippen LogP contribution in [0.3, 0.4) is 0 Å². The molecule has 1 aromatic carbocycles. The molecule has 3 heterocycles. The molecule has 1 aliphatic heterocycles. The van der Waals surface area contributed by atoms with Gasteiger partial charge in [-0.25, -0.2) is 4.98 Å². The van der Waals surface area contributed by atoms with E-state index >= 15 is 0 Å². The molecule has 0 amide bonds. The van der Waals surface area contributed by atoms with Gasteiger partial charge in [-0.3, -0.25) is 0 Å². The van der Waals surface area contributed by atoms with Crippen LogP contribution < -0.4 is 4.90 Å². The van der Waals surface area contributed by atoms with Crippen molar-refractivity contribution in [1.29, 1.82) is 0 Å². The highest BCUT2D eigenvalue weighted by molar-refractivity contribution is 5.57. The number of hydrogen-bond acceptors (Lipinski definition) is 4. The summed E-state index contributed by atoms with van der Waals surface area (Å²) in [6.45, 7) is 7.70. The maximum absolute atomic E-state index is 11.1. The van der Waals surface area contributed by atoms with E-state index in [1.807, 2.05) is 48.7 Å². The second-order valence-electron chi connectivity index (χ2n) is 7.09. The first kappa shape index (κ1) is 16.1. The van der Waals surface area contributed by atoms with Crippen LogP contribution >= 0.6 is 0 Å². The quantitative estimate of drug-likeness (QED) is 0.781. The number of rotatable bonds is 2. The maximum Gasteiger partial charge on any atom is 0.160 e. The zero-order valence-corrected chi connectivity index (χ0v) is 15.0. The van der Waals surface area contributed by atoms with E-state index in [-0.39, 0.29) is 0 Å². The van der Waals surface area contributed by atoms with Crippen molar-refractivity contribution in [2.45, 2.75) is 39.2 Å². The van der Waals surface area contributed by atoms with Gasteiger partial charge in [0.1, 0.15) is 5.82 Å². The van der Waals surface area contributed by atoms with Crippen LogP contribution in [0.2, 0.25) is 0 Å². The Bertz CT molecular complexity index is 908. The summed E-state index contributed by atoms with van der Waals surface area (Å²) < 4.78 is 1.95. The third-order valence-electron chi connectivity index (χ3n) is 5.39. The molecule has 5 heteroatoms. The Morgan fingerprint density at radius 2 is 1.72 bits per heavy atom. The number of aryl methyl sites for hydroxylation is 3. The Labute approximate surface area is 147 Å². The number of fused-ring (bicyclic) bond motifs is 1. The molecule has 0 bridgehead atoms. The molecule has 0 spiro atoms. The monoisotopic (exact) mass is 336 g/mol. The predicted octanol–water partition coefficient (Wildman–Crippen LogP) is 3.14. The molecular weight excluding hydrogens is 312 g/mol. The number of anilines is 1. The van der Waals surface area contributed by atoms with Crippen LogP contribution in [0.4, 0.5) is 5.82 Å². The van der Waals surface area contributed by atoms with E-state index in [1.165, 1.54) is 0 Å². The molecule has 2 aromatic heterocycles. The lowest BCUT2D eigenvalue weighted by Crippen LogP contribution is -2.43. The Kier molecular flexibility index (Phi) is 3.76. The van der Waals surface area contributed by atoms with Gasteiger partial charge in [0.05, 0.1) is 11.3 Å². The number of aliphatic hydroxyl groups is 1. The Balaban J connectivity index is 1.65. The molecule has 1 aliphatic rings. The van der Waals surface area contributed by atoms with Gasteiger partial charge in [-0.05, 0) is 39.2 Å². The van der Waals surface area contributed by atoms with Gasteiger partial charge in [0.25, 0.3) is 0 Å². The maximum atomic E-state index is 11.1. The van der Waals surface area contributed by atoms with Gasteiger partial charge in [0.2, 0.25) is 0 Å². The molecule has 0 radical (unpaired) electrons. The van der Waals surface area contributed by atoms with Gasteiger partial charge in [0.15, 0.2) is 5.65 Å². The molecule has 0 aliphatic carbocycles. The molecule has 1 fully saturated rings. The highest BCUT2D eigenvalue weighted by atomic mass is 16.3. The molecule has 1 saturated heterocycles. The lowest BCUT2D eigenvalue weighted by molar-refractivity contribution is 0.0116.